The molecule has 0 heterocycles. The van der Waals surface area contributed by atoms with Crippen LogP contribution in [0, 0.1) is 51.2 Å². The molecule has 4 fully saturated rings. The summed E-state index contributed by atoms with van der Waals surface area (Å²) in [6, 6.07) is 0. The Morgan fingerprint density at radius 2 is 1.84 bits per heavy atom. The van der Waals surface area contributed by atoms with Gasteiger partial charge in [-0.05, 0) is 49.4 Å². The standard InChI is InChI=1S/C20H27FN2O2/c1-9-17(24)16-11(12-8-14(21)18(25)20(9,12)3)7-15(23)13-6-10(22)4-5-19(13,16)2/h9,11-14,16,22-23H,4-8H2,1-3H3/t9?,11?,12?,13?,14?,16?,19-,20-/m0/s1. The molecule has 0 aromatic heterocycles. The molecule has 136 valence electrons. The molecule has 0 saturated heterocycles. The molecule has 0 aliphatic heterocycles. The third-order valence-corrected chi connectivity index (χ3v) is 8.42. The van der Waals surface area contributed by atoms with Crippen LogP contribution in [0.25, 0.3) is 0 Å². The number of carbonyl (C=O) groups is 2. The lowest BCUT2D eigenvalue weighted by Gasteiger charge is -2.59. The molecule has 0 amide bonds. The predicted molar refractivity (Wildman–Crippen MR) is 92.8 cm³/mol. The minimum absolute atomic E-state index is 0.0474. The summed E-state index contributed by atoms with van der Waals surface area (Å²) in [6.07, 6.45) is 1.22. The molecular formula is C20H27FN2O2. The molecule has 0 radical (unpaired) electrons. The molecule has 4 nitrogen and oxygen atoms in total. The van der Waals surface area contributed by atoms with E-state index >= 15 is 0 Å². The van der Waals surface area contributed by atoms with Crippen LogP contribution in [-0.2, 0) is 9.59 Å². The van der Waals surface area contributed by atoms with E-state index in [1.54, 1.807) is 6.92 Å². The number of carbonyl (C=O) groups excluding carboxylic acids is 2. The highest BCUT2D eigenvalue weighted by Crippen LogP contribution is 2.65. The number of ketones is 2. The smallest absolute Gasteiger partial charge is 0.173 e. The highest BCUT2D eigenvalue weighted by atomic mass is 19.1. The molecule has 0 spiro atoms. The molecule has 0 aromatic rings. The predicted octanol–water partition coefficient (Wildman–Crippen LogP) is 3.62. The van der Waals surface area contributed by atoms with Gasteiger partial charge in [-0.3, -0.25) is 9.59 Å². The van der Waals surface area contributed by atoms with Crippen molar-refractivity contribution in [1.29, 1.82) is 10.8 Å². The van der Waals surface area contributed by atoms with Crippen molar-refractivity contribution in [3.05, 3.63) is 0 Å². The van der Waals surface area contributed by atoms with E-state index in [2.05, 4.69) is 6.92 Å². The average molecular weight is 346 g/mol. The van der Waals surface area contributed by atoms with E-state index in [0.29, 0.717) is 30.7 Å². The molecule has 4 saturated carbocycles. The van der Waals surface area contributed by atoms with Crippen molar-refractivity contribution in [2.45, 2.75) is 59.0 Å². The van der Waals surface area contributed by atoms with Crippen molar-refractivity contribution in [2.24, 2.45) is 40.4 Å². The van der Waals surface area contributed by atoms with Gasteiger partial charge in [0, 0.05) is 34.6 Å². The number of alkyl halides is 1. The highest BCUT2D eigenvalue weighted by molar-refractivity contribution is 6.01. The molecule has 4 aliphatic carbocycles. The van der Waals surface area contributed by atoms with Crippen LogP contribution in [0.15, 0.2) is 0 Å². The number of rotatable bonds is 0. The van der Waals surface area contributed by atoms with Crippen LogP contribution < -0.4 is 0 Å². The number of hydrogen-bond donors (Lipinski definition) is 2. The van der Waals surface area contributed by atoms with Crippen LogP contribution in [0.5, 0.6) is 0 Å². The van der Waals surface area contributed by atoms with Gasteiger partial charge >= 0.3 is 0 Å². The van der Waals surface area contributed by atoms with Gasteiger partial charge in [-0.2, -0.15) is 0 Å². The van der Waals surface area contributed by atoms with Gasteiger partial charge in [0.1, 0.15) is 5.78 Å². The SMILES string of the molecule is CC1C(=O)C2C(CC(=N)C3CC(=N)CC[C@@]32C)C2CC(F)C(=O)[C@@]12C. The van der Waals surface area contributed by atoms with Crippen LogP contribution in [-0.4, -0.2) is 29.2 Å². The normalized spacial score (nSPS) is 52.6. The summed E-state index contributed by atoms with van der Waals surface area (Å²) in [7, 11) is 0. The Labute approximate surface area is 148 Å². The summed E-state index contributed by atoms with van der Waals surface area (Å²) in [5, 5.41) is 16.6. The molecule has 0 bridgehead atoms. The fourth-order valence-corrected chi connectivity index (χ4v) is 6.80. The van der Waals surface area contributed by atoms with E-state index in [4.69, 9.17) is 10.8 Å². The van der Waals surface area contributed by atoms with Crippen LogP contribution in [0.2, 0.25) is 0 Å². The van der Waals surface area contributed by atoms with Crippen LogP contribution in [0.1, 0.15) is 52.9 Å². The van der Waals surface area contributed by atoms with Gasteiger partial charge in [-0.1, -0.05) is 20.8 Å². The second kappa shape index (κ2) is 5.08. The Kier molecular flexibility index (Phi) is 3.46. The van der Waals surface area contributed by atoms with Crippen molar-refractivity contribution in [3.8, 4) is 0 Å². The van der Waals surface area contributed by atoms with E-state index in [-0.39, 0.29) is 41.3 Å². The van der Waals surface area contributed by atoms with Crippen molar-refractivity contribution in [3.63, 3.8) is 0 Å². The zero-order chi connectivity index (χ0) is 18.3. The summed E-state index contributed by atoms with van der Waals surface area (Å²) in [4.78, 5) is 26.0. The maximum atomic E-state index is 14.4. The number of hydrogen-bond acceptors (Lipinski definition) is 4. The maximum absolute atomic E-state index is 14.4. The van der Waals surface area contributed by atoms with Crippen molar-refractivity contribution in [1.82, 2.24) is 0 Å². The zero-order valence-electron chi connectivity index (χ0n) is 15.2. The summed E-state index contributed by atoms with van der Waals surface area (Å²) in [5.41, 5.74) is 0.0383. The number of Topliss-reactive ketones (excluding diaryl/α,β-unsaturated/α-hetero) is 2. The fraction of sp³-hybridized carbons (Fsp3) is 0.800. The van der Waals surface area contributed by atoms with Crippen LogP contribution >= 0.6 is 0 Å². The van der Waals surface area contributed by atoms with E-state index in [1.807, 2.05) is 6.92 Å². The largest absolute Gasteiger partial charge is 0.310 e. The Hall–Kier alpha value is -1.39. The molecule has 0 aromatic carbocycles. The fourth-order valence-electron chi connectivity index (χ4n) is 6.80. The lowest BCUT2D eigenvalue weighted by Crippen LogP contribution is -2.62. The summed E-state index contributed by atoms with van der Waals surface area (Å²) >= 11 is 0. The Bertz CT molecular complexity index is 704. The molecule has 25 heavy (non-hydrogen) atoms. The molecule has 5 heteroatoms. The Morgan fingerprint density at radius 1 is 1.16 bits per heavy atom. The topological polar surface area (TPSA) is 81.8 Å². The first-order valence-electron chi connectivity index (χ1n) is 9.48. The van der Waals surface area contributed by atoms with Gasteiger partial charge in [0.05, 0.1) is 0 Å². The van der Waals surface area contributed by atoms with Gasteiger partial charge in [-0.15, -0.1) is 0 Å². The first-order chi connectivity index (χ1) is 11.6. The number of nitrogens with one attached hydrogen (secondary N) is 2. The van der Waals surface area contributed by atoms with Crippen LogP contribution in [0.4, 0.5) is 4.39 Å². The monoisotopic (exact) mass is 346 g/mol. The molecule has 4 aliphatic rings. The zero-order valence-corrected chi connectivity index (χ0v) is 15.2. The van der Waals surface area contributed by atoms with Crippen molar-refractivity contribution in [2.75, 3.05) is 0 Å². The lowest BCUT2D eigenvalue weighted by molar-refractivity contribution is -0.160. The van der Waals surface area contributed by atoms with E-state index in [0.717, 1.165) is 6.42 Å². The summed E-state index contributed by atoms with van der Waals surface area (Å²) in [5.74, 6) is -1.26. The molecular weight excluding hydrogens is 319 g/mol. The molecule has 4 rings (SSSR count). The van der Waals surface area contributed by atoms with Gasteiger partial charge in [0.15, 0.2) is 12.0 Å². The Balaban J connectivity index is 1.82. The number of halogens is 1. The van der Waals surface area contributed by atoms with Gasteiger partial charge in [-0.25, -0.2) is 4.39 Å². The van der Waals surface area contributed by atoms with E-state index in [9.17, 15) is 14.0 Å². The third kappa shape index (κ3) is 1.93. The third-order valence-electron chi connectivity index (χ3n) is 8.42. The van der Waals surface area contributed by atoms with Crippen molar-refractivity contribution < 1.29 is 14.0 Å². The average Bonchev–Trinajstić information content (AvgIpc) is 2.79. The second-order valence-electron chi connectivity index (χ2n) is 9.32. The number of fused-ring (bicyclic) bond motifs is 5. The quantitative estimate of drug-likeness (QED) is 0.702. The van der Waals surface area contributed by atoms with E-state index in [1.165, 1.54) is 0 Å². The molecule has 2 N–H and O–H groups in total. The van der Waals surface area contributed by atoms with E-state index < -0.39 is 23.3 Å². The van der Waals surface area contributed by atoms with Crippen molar-refractivity contribution >= 4 is 23.0 Å². The lowest BCUT2D eigenvalue weighted by atomic mass is 9.42. The molecule has 8 atom stereocenters. The second-order valence-corrected chi connectivity index (χ2v) is 9.32. The maximum Gasteiger partial charge on any atom is 0.173 e. The van der Waals surface area contributed by atoms with Crippen LogP contribution in [0.3, 0.4) is 0 Å². The minimum Gasteiger partial charge on any atom is -0.310 e. The van der Waals surface area contributed by atoms with Gasteiger partial charge in [0.25, 0.3) is 0 Å². The Morgan fingerprint density at radius 3 is 2.52 bits per heavy atom. The highest BCUT2D eigenvalue weighted by Gasteiger charge is 2.68. The first-order valence-corrected chi connectivity index (χ1v) is 9.48. The van der Waals surface area contributed by atoms with Gasteiger partial charge in [0.2, 0.25) is 0 Å². The molecule has 6 unspecified atom stereocenters. The first kappa shape index (κ1) is 17.0. The minimum atomic E-state index is -1.47. The summed E-state index contributed by atoms with van der Waals surface area (Å²) in [6.45, 7) is 5.70. The summed E-state index contributed by atoms with van der Waals surface area (Å²) < 4.78 is 14.4. The van der Waals surface area contributed by atoms with Gasteiger partial charge < -0.3 is 10.8 Å².